The largest absolute Gasteiger partial charge is 0.454 e. The molecular weight excluding hydrogens is 456 g/mol. The summed E-state index contributed by atoms with van der Waals surface area (Å²) in [6, 6.07) is 9.25. The van der Waals surface area contributed by atoms with E-state index >= 15 is 0 Å². The summed E-state index contributed by atoms with van der Waals surface area (Å²) in [5.74, 6) is 0.955. The molecular formula is C17H9BrN2O5S2. The molecule has 2 aliphatic rings. The van der Waals surface area contributed by atoms with Crippen molar-refractivity contribution in [1.29, 1.82) is 0 Å². The first-order chi connectivity index (χ1) is 12.9. The Morgan fingerprint density at radius 1 is 1.22 bits per heavy atom. The van der Waals surface area contributed by atoms with Gasteiger partial charge in [0.1, 0.15) is 0 Å². The normalized spacial score (nSPS) is 17.1. The van der Waals surface area contributed by atoms with E-state index in [1.807, 2.05) is 0 Å². The van der Waals surface area contributed by atoms with Gasteiger partial charge in [0, 0.05) is 16.6 Å². The first-order valence-electron chi connectivity index (χ1n) is 7.55. The van der Waals surface area contributed by atoms with Gasteiger partial charge in [0.15, 0.2) is 15.8 Å². The van der Waals surface area contributed by atoms with Crippen LogP contribution in [0.2, 0.25) is 0 Å². The maximum atomic E-state index is 12.8. The molecule has 7 nitrogen and oxygen atoms in total. The number of nitrogens with zero attached hydrogens (tertiary/aromatic N) is 2. The van der Waals surface area contributed by atoms with Crippen molar-refractivity contribution in [2.45, 2.75) is 0 Å². The molecule has 2 heterocycles. The van der Waals surface area contributed by atoms with E-state index < -0.39 is 4.92 Å². The molecule has 2 aromatic carbocycles. The van der Waals surface area contributed by atoms with Crippen LogP contribution >= 0.6 is 39.9 Å². The van der Waals surface area contributed by atoms with Crippen molar-refractivity contribution >= 4 is 67.6 Å². The molecule has 27 heavy (non-hydrogen) atoms. The van der Waals surface area contributed by atoms with Gasteiger partial charge in [-0.1, -0.05) is 39.9 Å². The van der Waals surface area contributed by atoms with Crippen LogP contribution in [0.3, 0.4) is 0 Å². The third kappa shape index (κ3) is 3.31. The van der Waals surface area contributed by atoms with E-state index in [0.717, 1.165) is 10.0 Å². The summed E-state index contributed by atoms with van der Waals surface area (Å²) < 4.78 is 11.8. The third-order valence-corrected chi connectivity index (χ3v) is 5.88. The standard InChI is InChI=1S/C17H9BrN2O5S2/c18-12-7-14-13(24-8-25-14)5-9(12)6-15-16(21)19(17(26)27-15)10-1-3-11(4-2-10)20(22)23/h1-7H,8H2/b15-6-. The number of halogens is 1. The van der Waals surface area contributed by atoms with Crippen LogP contribution in [0.5, 0.6) is 11.5 Å². The number of hydrogen-bond acceptors (Lipinski definition) is 7. The van der Waals surface area contributed by atoms with Gasteiger partial charge in [0.2, 0.25) is 6.79 Å². The lowest BCUT2D eigenvalue weighted by Gasteiger charge is -2.14. The molecule has 0 spiro atoms. The lowest BCUT2D eigenvalue weighted by molar-refractivity contribution is -0.384. The van der Waals surface area contributed by atoms with E-state index in [0.29, 0.717) is 26.4 Å². The third-order valence-electron chi connectivity index (χ3n) is 3.89. The maximum Gasteiger partial charge on any atom is 0.270 e. The number of thiocarbonyl (C=S) groups is 1. The molecule has 2 aromatic rings. The van der Waals surface area contributed by atoms with Gasteiger partial charge in [0.05, 0.1) is 15.5 Å². The van der Waals surface area contributed by atoms with Crippen LogP contribution in [0, 0.1) is 10.1 Å². The van der Waals surface area contributed by atoms with Crippen molar-refractivity contribution in [1.82, 2.24) is 0 Å². The molecule has 136 valence electrons. The Balaban J connectivity index is 1.65. The van der Waals surface area contributed by atoms with Crippen LogP contribution in [-0.2, 0) is 4.79 Å². The molecule has 0 aromatic heterocycles. The highest BCUT2D eigenvalue weighted by Crippen LogP contribution is 2.41. The van der Waals surface area contributed by atoms with E-state index in [9.17, 15) is 14.9 Å². The molecule has 1 fully saturated rings. The molecule has 1 saturated heterocycles. The number of anilines is 1. The summed E-state index contributed by atoms with van der Waals surface area (Å²) >= 11 is 9.96. The smallest absolute Gasteiger partial charge is 0.270 e. The number of carbonyl (C=O) groups is 1. The van der Waals surface area contributed by atoms with Crippen LogP contribution in [0.25, 0.3) is 6.08 Å². The second kappa shape index (κ2) is 6.95. The van der Waals surface area contributed by atoms with E-state index in [2.05, 4.69) is 15.9 Å². The number of rotatable bonds is 3. The Bertz CT molecular complexity index is 1020. The summed E-state index contributed by atoms with van der Waals surface area (Å²) in [6.07, 6.45) is 1.72. The van der Waals surface area contributed by atoms with Crippen molar-refractivity contribution in [3.05, 3.63) is 61.5 Å². The minimum Gasteiger partial charge on any atom is -0.454 e. The Morgan fingerprint density at radius 3 is 2.56 bits per heavy atom. The van der Waals surface area contributed by atoms with E-state index in [1.54, 1.807) is 18.2 Å². The highest BCUT2D eigenvalue weighted by Gasteiger charge is 2.33. The van der Waals surface area contributed by atoms with E-state index in [1.165, 1.54) is 40.9 Å². The average molecular weight is 465 g/mol. The van der Waals surface area contributed by atoms with Gasteiger partial charge in [-0.3, -0.25) is 19.8 Å². The molecule has 0 aliphatic carbocycles. The predicted molar refractivity (Wildman–Crippen MR) is 109 cm³/mol. The number of amides is 1. The molecule has 0 saturated carbocycles. The van der Waals surface area contributed by atoms with Gasteiger partial charge in [-0.25, -0.2) is 0 Å². The topological polar surface area (TPSA) is 81.9 Å². The summed E-state index contributed by atoms with van der Waals surface area (Å²) in [5.41, 5.74) is 1.18. The number of carbonyl (C=O) groups excluding carboxylic acids is 1. The quantitative estimate of drug-likeness (QED) is 0.286. The van der Waals surface area contributed by atoms with Crippen LogP contribution < -0.4 is 14.4 Å². The monoisotopic (exact) mass is 464 g/mol. The van der Waals surface area contributed by atoms with Gasteiger partial charge in [-0.05, 0) is 35.9 Å². The minimum atomic E-state index is -0.495. The van der Waals surface area contributed by atoms with Crippen molar-refractivity contribution in [3.8, 4) is 11.5 Å². The Labute approximate surface area is 171 Å². The van der Waals surface area contributed by atoms with Crippen LogP contribution in [0.1, 0.15) is 5.56 Å². The predicted octanol–water partition coefficient (Wildman–Crippen LogP) is 4.49. The van der Waals surface area contributed by atoms with Crippen LogP contribution in [0.15, 0.2) is 45.8 Å². The number of nitro groups is 1. The molecule has 0 radical (unpaired) electrons. The summed E-state index contributed by atoms with van der Waals surface area (Å²) in [6.45, 7) is 0.160. The number of nitro benzene ring substituents is 1. The number of non-ortho nitro benzene ring substituents is 1. The molecule has 2 aliphatic heterocycles. The zero-order chi connectivity index (χ0) is 19.1. The Hall–Kier alpha value is -2.43. The Kier molecular flexibility index (Phi) is 4.62. The number of thioether (sulfide) groups is 1. The SMILES string of the molecule is O=C1/C(=C/c2cc3c(cc2Br)OCO3)SC(=S)N1c1ccc([N+](=O)[O-])cc1. The van der Waals surface area contributed by atoms with Gasteiger partial charge in [-0.2, -0.15) is 0 Å². The van der Waals surface area contributed by atoms with Crippen molar-refractivity contribution in [2.24, 2.45) is 0 Å². The summed E-state index contributed by atoms with van der Waals surface area (Å²) in [4.78, 5) is 24.9. The molecule has 0 N–H and O–H groups in total. The average Bonchev–Trinajstić information content (AvgIpc) is 3.19. The fraction of sp³-hybridized carbons (Fsp3) is 0.0588. The second-order valence-corrected chi connectivity index (χ2v) is 8.05. The lowest BCUT2D eigenvalue weighted by atomic mass is 10.2. The van der Waals surface area contributed by atoms with Crippen LogP contribution in [0.4, 0.5) is 11.4 Å². The zero-order valence-corrected chi connectivity index (χ0v) is 16.6. The first-order valence-corrected chi connectivity index (χ1v) is 9.57. The summed E-state index contributed by atoms with van der Waals surface area (Å²) in [5, 5.41) is 10.8. The number of ether oxygens (including phenoxy) is 2. The highest BCUT2D eigenvalue weighted by atomic mass is 79.9. The minimum absolute atomic E-state index is 0.0518. The molecule has 10 heteroatoms. The zero-order valence-electron chi connectivity index (χ0n) is 13.4. The summed E-state index contributed by atoms with van der Waals surface area (Å²) in [7, 11) is 0. The molecule has 0 unspecified atom stereocenters. The number of fused-ring (bicyclic) bond motifs is 1. The second-order valence-electron chi connectivity index (χ2n) is 5.52. The van der Waals surface area contributed by atoms with Gasteiger partial charge in [-0.15, -0.1) is 0 Å². The van der Waals surface area contributed by atoms with Crippen molar-refractivity contribution in [3.63, 3.8) is 0 Å². The highest BCUT2D eigenvalue weighted by molar-refractivity contribution is 9.10. The van der Waals surface area contributed by atoms with Crippen LogP contribution in [-0.4, -0.2) is 21.9 Å². The Morgan fingerprint density at radius 2 is 1.89 bits per heavy atom. The molecule has 4 rings (SSSR count). The van der Waals surface area contributed by atoms with Crippen molar-refractivity contribution < 1.29 is 19.2 Å². The fourth-order valence-electron chi connectivity index (χ4n) is 2.60. The molecule has 0 bridgehead atoms. The number of hydrogen-bond donors (Lipinski definition) is 0. The van der Waals surface area contributed by atoms with Gasteiger partial charge >= 0.3 is 0 Å². The first kappa shape index (κ1) is 18.0. The maximum absolute atomic E-state index is 12.8. The fourth-order valence-corrected chi connectivity index (χ4v) is 4.33. The van der Waals surface area contributed by atoms with Crippen molar-refractivity contribution in [2.75, 3.05) is 11.7 Å². The van der Waals surface area contributed by atoms with Gasteiger partial charge < -0.3 is 9.47 Å². The van der Waals surface area contributed by atoms with E-state index in [-0.39, 0.29) is 18.4 Å². The van der Waals surface area contributed by atoms with E-state index in [4.69, 9.17) is 21.7 Å². The lowest BCUT2D eigenvalue weighted by Crippen LogP contribution is -2.27. The number of benzene rings is 2. The van der Waals surface area contributed by atoms with Gasteiger partial charge in [0.25, 0.3) is 11.6 Å². The molecule has 1 amide bonds. The molecule has 0 atom stereocenters.